The van der Waals surface area contributed by atoms with E-state index in [0.717, 1.165) is 22.3 Å². The van der Waals surface area contributed by atoms with E-state index in [9.17, 15) is 4.79 Å². The molecule has 0 radical (unpaired) electrons. The maximum Gasteiger partial charge on any atom is 0.273 e. The van der Waals surface area contributed by atoms with E-state index >= 15 is 0 Å². The Morgan fingerprint density at radius 1 is 1.04 bits per heavy atom. The van der Waals surface area contributed by atoms with E-state index in [2.05, 4.69) is 15.6 Å². The van der Waals surface area contributed by atoms with Crippen molar-refractivity contribution in [3.05, 3.63) is 66.1 Å². The smallest absolute Gasteiger partial charge is 0.273 e. The highest BCUT2D eigenvalue weighted by molar-refractivity contribution is 7.80. The first kappa shape index (κ1) is 13.7. The SMILES string of the molecule is O=C1NC(=S)N/C1=C\c1ccc(-n2cnc3ccccc32)cc1. The number of benzene rings is 2. The lowest BCUT2D eigenvalue weighted by Crippen LogP contribution is -2.21. The Labute approximate surface area is 137 Å². The van der Waals surface area contributed by atoms with Crippen molar-refractivity contribution in [3.63, 3.8) is 0 Å². The van der Waals surface area contributed by atoms with Gasteiger partial charge in [0.2, 0.25) is 0 Å². The molecule has 6 heteroatoms. The van der Waals surface area contributed by atoms with E-state index in [1.165, 1.54) is 0 Å². The van der Waals surface area contributed by atoms with Crippen LogP contribution < -0.4 is 10.6 Å². The number of hydrogen-bond donors (Lipinski definition) is 2. The number of carbonyl (C=O) groups is 1. The number of para-hydroxylation sites is 2. The highest BCUT2D eigenvalue weighted by atomic mass is 32.1. The fourth-order valence-electron chi connectivity index (χ4n) is 2.55. The number of thiocarbonyl (C=S) groups is 1. The Morgan fingerprint density at radius 3 is 2.57 bits per heavy atom. The van der Waals surface area contributed by atoms with Crippen molar-refractivity contribution in [2.24, 2.45) is 0 Å². The summed E-state index contributed by atoms with van der Waals surface area (Å²) in [5.74, 6) is -0.209. The predicted octanol–water partition coefficient (Wildman–Crippen LogP) is 2.37. The quantitative estimate of drug-likeness (QED) is 0.562. The summed E-state index contributed by atoms with van der Waals surface area (Å²) in [5.41, 5.74) is 4.40. The van der Waals surface area contributed by atoms with Crippen molar-refractivity contribution in [2.75, 3.05) is 0 Å². The van der Waals surface area contributed by atoms with Crippen molar-refractivity contribution < 1.29 is 4.79 Å². The van der Waals surface area contributed by atoms with Crippen LogP contribution in [0, 0.1) is 0 Å². The molecule has 112 valence electrons. The van der Waals surface area contributed by atoms with E-state index in [1.807, 2.05) is 59.4 Å². The first-order valence-corrected chi connectivity index (χ1v) is 7.48. The lowest BCUT2D eigenvalue weighted by molar-refractivity contribution is -0.115. The largest absolute Gasteiger partial charge is 0.328 e. The van der Waals surface area contributed by atoms with Crippen LogP contribution in [0.5, 0.6) is 0 Å². The van der Waals surface area contributed by atoms with Crippen molar-refractivity contribution in [1.82, 2.24) is 20.2 Å². The van der Waals surface area contributed by atoms with Crippen LogP contribution in [-0.2, 0) is 4.79 Å². The molecule has 2 aromatic carbocycles. The lowest BCUT2D eigenvalue weighted by atomic mass is 10.1. The van der Waals surface area contributed by atoms with Crippen LogP contribution in [0.15, 0.2) is 60.6 Å². The standard InChI is InChI=1S/C17H12N4OS/c22-16-14(19-17(23)20-16)9-11-5-7-12(8-6-11)21-10-18-13-3-1-2-4-15(13)21/h1-10H,(H2,19,20,22,23)/b14-9-. The van der Waals surface area contributed by atoms with Gasteiger partial charge in [-0.25, -0.2) is 4.98 Å². The monoisotopic (exact) mass is 320 g/mol. The Kier molecular flexibility index (Phi) is 3.17. The minimum absolute atomic E-state index is 0.209. The van der Waals surface area contributed by atoms with Gasteiger partial charge in [0.1, 0.15) is 12.0 Å². The topological polar surface area (TPSA) is 59.0 Å². The maximum atomic E-state index is 11.6. The summed E-state index contributed by atoms with van der Waals surface area (Å²) in [6.45, 7) is 0. The van der Waals surface area contributed by atoms with Crippen molar-refractivity contribution >= 4 is 40.3 Å². The molecule has 1 aliphatic heterocycles. The number of nitrogens with zero attached hydrogens (tertiary/aromatic N) is 2. The number of rotatable bonds is 2. The molecule has 2 N–H and O–H groups in total. The van der Waals surface area contributed by atoms with Crippen LogP contribution in [-0.4, -0.2) is 20.6 Å². The van der Waals surface area contributed by atoms with Crippen molar-refractivity contribution in [1.29, 1.82) is 0 Å². The number of hydrogen-bond acceptors (Lipinski definition) is 3. The van der Waals surface area contributed by atoms with Gasteiger partial charge in [-0.2, -0.15) is 0 Å². The average Bonchev–Trinajstić information content (AvgIpc) is 3.12. The van der Waals surface area contributed by atoms with Crippen molar-refractivity contribution in [2.45, 2.75) is 0 Å². The fourth-order valence-corrected chi connectivity index (χ4v) is 2.75. The van der Waals surface area contributed by atoms with Gasteiger partial charge >= 0.3 is 0 Å². The first-order valence-electron chi connectivity index (χ1n) is 7.07. The van der Waals surface area contributed by atoms with Gasteiger partial charge in [0.05, 0.1) is 11.0 Å². The second-order valence-corrected chi connectivity index (χ2v) is 5.57. The molecule has 0 bridgehead atoms. The molecule has 4 rings (SSSR count). The molecule has 0 spiro atoms. The van der Waals surface area contributed by atoms with Gasteiger partial charge in [0, 0.05) is 5.69 Å². The minimum atomic E-state index is -0.209. The molecule has 1 amide bonds. The van der Waals surface area contributed by atoms with Crippen LogP contribution >= 0.6 is 12.2 Å². The van der Waals surface area contributed by atoms with Gasteiger partial charge in [-0.05, 0) is 48.1 Å². The molecule has 1 aliphatic rings. The second-order valence-electron chi connectivity index (χ2n) is 5.16. The Bertz CT molecular complexity index is 956. The van der Waals surface area contributed by atoms with Gasteiger partial charge in [0.15, 0.2) is 5.11 Å². The minimum Gasteiger partial charge on any atom is -0.328 e. The lowest BCUT2D eigenvalue weighted by Gasteiger charge is -2.05. The third-order valence-corrected chi connectivity index (χ3v) is 3.86. The normalized spacial score (nSPS) is 15.9. The van der Waals surface area contributed by atoms with E-state index in [4.69, 9.17) is 12.2 Å². The fraction of sp³-hybridized carbons (Fsp3) is 0. The predicted molar refractivity (Wildman–Crippen MR) is 92.9 cm³/mol. The number of nitrogens with one attached hydrogen (secondary N) is 2. The van der Waals surface area contributed by atoms with E-state index in [0.29, 0.717) is 10.8 Å². The highest BCUT2D eigenvalue weighted by Gasteiger charge is 2.19. The molecule has 5 nitrogen and oxygen atoms in total. The summed E-state index contributed by atoms with van der Waals surface area (Å²) in [6, 6.07) is 15.9. The third-order valence-electron chi connectivity index (χ3n) is 3.66. The van der Waals surface area contributed by atoms with E-state index in [1.54, 1.807) is 6.08 Å². The number of imidazole rings is 1. The van der Waals surface area contributed by atoms with E-state index < -0.39 is 0 Å². The Hall–Kier alpha value is -2.99. The van der Waals surface area contributed by atoms with Crippen molar-refractivity contribution in [3.8, 4) is 5.69 Å². The number of amides is 1. The Morgan fingerprint density at radius 2 is 1.83 bits per heavy atom. The van der Waals surface area contributed by atoms with Crippen LogP contribution in [0.3, 0.4) is 0 Å². The zero-order valence-electron chi connectivity index (χ0n) is 12.0. The zero-order valence-corrected chi connectivity index (χ0v) is 12.8. The summed E-state index contributed by atoms with van der Waals surface area (Å²) < 4.78 is 2.03. The van der Waals surface area contributed by atoms with Gasteiger partial charge in [-0.15, -0.1) is 0 Å². The van der Waals surface area contributed by atoms with Crippen LogP contribution in [0.25, 0.3) is 22.8 Å². The summed E-state index contributed by atoms with van der Waals surface area (Å²) in [6.07, 6.45) is 3.58. The van der Waals surface area contributed by atoms with Gasteiger partial charge in [-0.3, -0.25) is 14.7 Å². The number of fused-ring (bicyclic) bond motifs is 1. The molecular weight excluding hydrogens is 308 g/mol. The molecule has 1 saturated heterocycles. The molecule has 0 aliphatic carbocycles. The van der Waals surface area contributed by atoms with Crippen LogP contribution in [0.4, 0.5) is 0 Å². The van der Waals surface area contributed by atoms with E-state index in [-0.39, 0.29) is 5.91 Å². The Balaban J connectivity index is 1.67. The summed E-state index contributed by atoms with van der Waals surface area (Å²) in [5, 5.41) is 5.71. The van der Waals surface area contributed by atoms with Crippen LogP contribution in [0.2, 0.25) is 0 Å². The zero-order chi connectivity index (χ0) is 15.8. The molecule has 3 aromatic rings. The molecule has 23 heavy (non-hydrogen) atoms. The summed E-state index contributed by atoms with van der Waals surface area (Å²) in [4.78, 5) is 16.0. The maximum absolute atomic E-state index is 11.6. The second kappa shape index (κ2) is 5.33. The highest BCUT2D eigenvalue weighted by Crippen LogP contribution is 2.19. The first-order chi connectivity index (χ1) is 11.2. The molecular formula is C17H12N4OS. The molecule has 1 aromatic heterocycles. The molecule has 0 unspecified atom stereocenters. The number of carbonyl (C=O) groups excluding carboxylic acids is 1. The molecule has 0 saturated carbocycles. The third kappa shape index (κ3) is 2.49. The summed E-state index contributed by atoms with van der Waals surface area (Å²) >= 11 is 4.91. The average molecular weight is 320 g/mol. The molecule has 2 heterocycles. The summed E-state index contributed by atoms with van der Waals surface area (Å²) in [7, 11) is 0. The molecule has 1 fully saturated rings. The van der Waals surface area contributed by atoms with Gasteiger partial charge in [-0.1, -0.05) is 24.3 Å². The van der Waals surface area contributed by atoms with Gasteiger partial charge < -0.3 is 5.32 Å². The van der Waals surface area contributed by atoms with Crippen LogP contribution in [0.1, 0.15) is 5.56 Å². The number of aromatic nitrogens is 2. The molecule has 0 atom stereocenters. The van der Waals surface area contributed by atoms with Gasteiger partial charge in [0.25, 0.3) is 5.91 Å².